The number of thiazole rings is 1. The first-order valence-corrected chi connectivity index (χ1v) is 20.3. The Hall–Kier alpha value is -4.27. The van der Waals surface area contributed by atoms with E-state index in [4.69, 9.17) is 9.47 Å². The van der Waals surface area contributed by atoms with Gasteiger partial charge >= 0.3 is 0 Å². The lowest BCUT2D eigenvalue weighted by molar-refractivity contribution is -0.00431. The van der Waals surface area contributed by atoms with Gasteiger partial charge in [0.25, 0.3) is 11.8 Å². The third kappa shape index (κ3) is 10.1. The molecule has 0 radical (unpaired) electrons. The maximum atomic E-state index is 14.5. The van der Waals surface area contributed by atoms with Crippen LogP contribution in [0.25, 0.3) is 11.1 Å². The van der Waals surface area contributed by atoms with Crippen molar-refractivity contribution in [1.82, 2.24) is 35.7 Å². The standard InChI is InChI=1S/C42H52FN7O4S/c1-26-20-49(21-27(2)45-26)22-30-8-13-37(32(16-30)23-50-14-15-53-24-29(50)4)31-6-5-7-36(17-31)54-41-38(18-33(43)19-44-41)39(51)47-34-9-11-35(12-10-34)48-40(52)42-46-28(3)25-55-42/h5-8,13,16-19,25-27,29,34-35,45H,9-12,14-15,20-24H2,1-4H3,(H,47,51)(H,48,52)/t26-,27+,29-,34?,35?/m0/s1. The number of halogens is 1. The zero-order chi connectivity index (χ0) is 38.5. The third-order valence-electron chi connectivity index (χ3n) is 10.7. The minimum Gasteiger partial charge on any atom is -0.438 e. The highest BCUT2D eigenvalue weighted by Gasteiger charge is 2.27. The first-order valence-electron chi connectivity index (χ1n) is 19.5. The monoisotopic (exact) mass is 769 g/mol. The first kappa shape index (κ1) is 39.0. The van der Waals surface area contributed by atoms with Gasteiger partial charge in [0.2, 0.25) is 5.88 Å². The molecule has 0 unspecified atom stereocenters. The lowest BCUT2D eigenvalue weighted by Crippen LogP contribution is -2.53. The summed E-state index contributed by atoms with van der Waals surface area (Å²) in [5, 5.41) is 12.1. The first-order chi connectivity index (χ1) is 26.6. The van der Waals surface area contributed by atoms with Crippen LogP contribution in [0.5, 0.6) is 11.6 Å². The lowest BCUT2D eigenvalue weighted by atomic mass is 9.91. The van der Waals surface area contributed by atoms with E-state index in [1.54, 1.807) is 0 Å². The molecule has 3 atom stereocenters. The van der Waals surface area contributed by atoms with Crippen molar-refractivity contribution in [2.75, 3.05) is 32.8 Å². The Balaban J connectivity index is 1.05. The molecular weight excluding hydrogens is 718 g/mol. The third-order valence-corrected chi connectivity index (χ3v) is 11.7. The number of aromatic nitrogens is 2. The number of aryl methyl sites for hydroxylation is 1. The molecule has 0 spiro atoms. The predicted molar refractivity (Wildman–Crippen MR) is 212 cm³/mol. The molecular formula is C42H52FN7O4S. The van der Waals surface area contributed by atoms with Crippen LogP contribution in [0.4, 0.5) is 4.39 Å². The van der Waals surface area contributed by atoms with Crippen LogP contribution < -0.4 is 20.7 Å². The number of benzene rings is 2. The Morgan fingerprint density at radius 3 is 2.44 bits per heavy atom. The second kappa shape index (κ2) is 17.7. The number of nitrogens with one attached hydrogen (secondary N) is 3. The van der Waals surface area contributed by atoms with Crippen LogP contribution in [0.1, 0.15) is 83.4 Å². The Kier molecular flexibility index (Phi) is 12.5. The van der Waals surface area contributed by atoms with Gasteiger partial charge in [-0.1, -0.05) is 30.3 Å². The van der Waals surface area contributed by atoms with Crippen molar-refractivity contribution in [3.63, 3.8) is 0 Å². The highest BCUT2D eigenvalue weighted by molar-refractivity contribution is 7.11. The van der Waals surface area contributed by atoms with Crippen LogP contribution in [0, 0.1) is 12.7 Å². The highest BCUT2D eigenvalue weighted by atomic mass is 32.1. The largest absolute Gasteiger partial charge is 0.438 e. The van der Waals surface area contributed by atoms with E-state index in [1.807, 2.05) is 30.5 Å². The highest BCUT2D eigenvalue weighted by Crippen LogP contribution is 2.33. The summed E-state index contributed by atoms with van der Waals surface area (Å²) >= 11 is 1.33. The zero-order valence-corrected chi connectivity index (χ0v) is 33.0. The molecule has 2 amide bonds. The summed E-state index contributed by atoms with van der Waals surface area (Å²) in [5.74, 6) is -0.710. The molecule has 1 saturated carbocycles. The fourth-order valence-corrected chi connectivity index (χ4v) is 8.76. The molecule has 13 heteroatoms. The molecule has 11 nitrogen and oxygen atoms in total. The van der Waals surface area contributed by atoms with Crippen molar-refractivity contribution in [2.24, 2.45) is 0 Å². The molecule has 3 N–H and O–H groups in total. The van der Waals surface area contributed by atoms with E-state index in [0.717, 1.165) is 55.7 Å². The van der Waals surface area contributed by atoms with Crippen molar-refractivity contribution in [3.8, 4) is 22.8 Å². The van der Waals surface area contributed by atoms with Crippen molar-refractivity contribution in [2.45, 2.75) is 96.7 Å². The van der Waals surface area contributed by atoms with Crippen molar-refractivity contribution >= 4 is 23.2 Å². The van der Waals surface area contributed by atoms with Gasteiger partial charge in [-0.15, -0.1) is 11.3 Å². The SMILES string of the molecule is Cc1csc(C(=O)NC2CCC(NC(=O)c3cc(F)cnc3Oc3cccc(-c4ccc(CN5C[C@@H](C)N[C@@H](C)C5)cc4CN4CCOC[C@@H]4C)c3)CC2)n1. The average Bonchev–Trinajstić information content (AvgIpc) is 3.60. The second-order valence-electron chi connectivity index (χ2n) is 15.5. The molecule has 3 aliphatic rings. The molecule has 2 saturated heterocycles. The van der Waals surface area contributed by atoms with Gasteiger partial charge in [0.15, 0.2) is 5.01 Å². The second-order valence-corrected chi connectivity index (χ2v) is 16.3. The molecule has 7 rings (SSSR count). The molecule has 2 aromatic carbocycles. The number of hydrogen-bond donors (Lipinski definition) is 3. The lowest BCUT2D eigenvalue weighted by Gasteiger charge is -2.36. The number of nitrogens with zero attached hydrogens (tertiary/aromatic N) is 4. The van der Waals surface area contributed by atoms with Crippen molar-refractivity contribution in [3.05, 3.63) is 93.3 Å². The Morgan fingerprint density at radius 2 is 1.73 bits per heavy atom. The molecule has 2 aliphatic heterocycles. The maximum absolute atomic E-state index is 14.5. The smallest absolute Gasteiger partial charge is 0.280 e. The van der Waals surface area contributed by atoms with Gasteiger partial charge in [0.1, 0.15) is 17.1 Å². The van der Waals surface area contributed by atoms with Crippen molar-refractivity contribution < 1.29 is 23.5 Å². The fraction of sp³-hybridized carbons (Fsp3) is 0.476. The van der Waals surface area contributed by atoms with Gasteiger partial charge in [-0.3, -0.25) is 19.4 Å². The van der Waals surface area contributed by atoms with E-state index in [0.29, 0.717) is 67.8 Å². The Bertz CT molecular complexity index is 1960. The fourth-order valence-electron chi connectivity index (χ4n) is 8.06. The van der Waals surface area contributed by atoms with Crippen LogP contribution in [0.2, 0.25) is 0 Å². The van der Waals surface area contributed by atoms with Gasteiger partial charge in [-0.2, -0.15) is 0 Å². The number of hydrogen-bond acceptors (Lipinski definition) is 10. The van der Waals surface area contributed by atoms with E-state index in [2.05, 4.69) is 80.8 Å². The van der Waals surface area contributed by atoms with Crippen LogP contribution in [0.15, 0.2) is 60.1 Å². The topological polar surface area (TPSA) is 121 Å². The molecule has 55 heavy (non-hydrogen) atoms. The minimum atomic E-state index is -0.623. The Morgan fingerprint density at radius 1 is 0.982 bits per heavy atom. The summed E-state index contributed by atoms with van der Waals surface area (Å²) < 4.78 is 26.6. The molecule has 2 aromatic heterocycles. The number of amides is 2. The van der Waals surface area contributed by atoms with E-state index < -0.39 is 11.7 Å². The van der Waals surface area contributed by atoms with E-state index in [9.17, 15) is 14.0 Å². The van der Waals surface area contributed by atoms with Crippen molar-refractivity contribution in [1.29, 1.82) is 0 Å². The molecule has 4 heterocycles. The summed E-state index contributed by atoms with van der Waals surface area (Å²) in [4.78, 5) is 39.7. The quantitative estimate of drug-likeness (QED) is 0.161. The summed E-state index contributed by atoms with van der Waals surface area (Å²) in [7, 11) is 0. The number of piperazine rings is 1. The Labute approximate surface area is 327 Å². The zero-order valence-electron chi connectivity index (χ0n) is 32.1. The number of pyridine rings is 1. The minimum absolute atomic E-state index is 0.000655. The maximum Gasteiger partial charge on any atom is 0.280 e. The number of morpholine rings is 1. The summed E-state index contributed by atoms with van der Waals surface area (Å²) in [6.07, 6.45) is 3.83. The van der Waals surface area contributed by atoms with Crippen LogP contribution in [-0.4, -0.2) is 94.6 Å². The van der Waals surface area contributed by atoms with E-state index >= 15 is 0 Å². The van der Waals surface area contributed by atoms with Crippen LogP contribution >= 0.6 is 11.3 Å². The molecule has 0 bridgehead atoms. The van der Waals surface area contributed by atoms with E-state index in [-0.39, 0.29) is 29.4 Å². The van der Waals surface area contributed by atoms with Gasteiger partial charge in [0.05, 0.1) is 19.4 Å². The summed E-state index contributed by atoms with van der Waals surface area (Å²) in [6, 6.07) is 16.8. The van der Waals surface area contributed by atoms with Crippen LogP contribution in [0.3, 0.4) is 0 Å². The molecule has 3 fully saturated rings. The predicted octanol–water partition coefficient (Wildman–Crippen LogP) is 6.32. The number of ether oxygens (including phenoxy) is 2. The normalized spacial score (nSPS) is 23.6. The molecule has 292 valence electrons. The number of rotatable bonds is 11. The van der Waals surface area contributed by atoms with Gasteiger partial charge in [-0.05, 0) is 93.8 Å². The number of carbonyl (C=O) groups excluding carboxylic acids is 2. The van der Waals surface area contributed by atoms with E-state index in [1.165, 1.54) is 28.5 Å². The molecule has 4 aromatic rings. The van der Waals surface area contributed by atoms with Gasteiger partial charge in [-0.25, -0.2) is 14.4 Å². The summed E-state index contributed by atoms with van der Waals surface area (Å²) in [6.45, 7) is 14.5. The molecule has 1 aliphatic carbocycles. The van der Waals surface area contributed by atoms with Gasteiger partial charge < -0.3 is 25.4 Å². The van der Waals surface area contributed by atoms with Gasteiger partial charge in [0, 0.05) is 74.0 Å². The number of carbonyl (C=O) groups is 2. The van der Waals surface area contributed by atoms with Crippen LogP contribution in [-0.2, 0) is 17.8 Å². The summed E-state index contributed by atoms with van der Waals surface area (Å²) in [5.41, 5.74) is 5.45. The average molecular weight is 770 g/mol.